The lowest BCUT2D eigenvalue weighted by Gasteiger charge is -2.05. The van der Waals surface area contributed by atoms with Crippen LogP contribution < -0.4 is 5.32 Å². The van der Waals surface area contributed by atoms with E-state index in [4.69, 9.17) is 0 Å². The number of halogens is 2. The number of thiazole rings is 1. The number of hydrogen-bond acceptors (Lipinski definition) is 4. The monoisotopic (exact) mass is 269 g/mol. The number of carbonyl (C=O) groups is 1. The van der Waals surface area contributed by atoms with Crippen molar-refractivity contribution in [3.8, 4) is 0 Å². The summed E-state index contributed by atoms with van der Waals surface area (Å²) in [5.41, 5.74) is 2.19. The van der Waals surface area contributed by atoms with E-state index < -0.39 is 17.7 Å². The highest BCUT2D eigenvalue weighted by atomic mass is 32.1. The summed E-state index contributed by atoms with van der Waals surface area (Å²) >= 11 is 1.46. The zero-order chi connectivity index (χ0) is 13.0. The molecule has 1 amide bonds. The summed E-state index contributed by atoms with van der Waals surface area (Å²) in [6.45, 7) is 0.311. The molecule has 4 nitrogen and oxygen atoms in total. The number of nitrogens with one attached hydrogen (secondary N) is 1. The molecule has 2 aromatic heterocycles. The van der Waals surface area contributed by atoms with Crippen LogP contribution in [0.25, 0.3) is 0 Å². The van der Waals surface area contributed by atoms with Crippen molar-refractivity contribution in [1.29, 1.82) is 0 Å². The van der Waals surface area contributed by atoms with Crippen LogP contribution in [0.3, 0.4) is 0 Å². The van der Waals surface area contributed by atoms with Crippen molar-refractivity contribution in [3.63, 3.8) is 0 Å². The van der Waals surface area contributed by atoms with Gasteiger partial charge in [-0.25, -0.2) is 14.4 Å². The second-order valence-electron chi connectivity index (χ2n) is 3.45. The van der Waals surface area contributed by atoms with Crippen LogP contribution in [0, 0.1) is 11.8 Å². The van der Waals surface area contributed by atoms with Gasteiger partial charge in [0.25, 0.3) is 5.91 Å². The van der Waals surface area contributed by atoms with E-state index in [0.29, 0.717) is 13.0 Å². The normalized spacial score (nSPS) is 10.3. The summed E-state index contributed by atoms with van der Waals surface area (Å²) in [7, 11) is 0. The molecule has 0 atom stereocenters. The lowest BCUT2D eigenvalue weighted by molar-refractivity contribution is 0.0948. The van der Waals surface area contributed by atoms with Gasteiger partial charge in [-0.2, -0.15) is 4.39 Å². The SMILES string of the molecule is O=C(NCCc1cscn1)c1ccnc(F)c1F. The van der Waals surface area contributed by atoms with Crippen molar-refractivity contribution in [3.05, 3.63) is 46.2 Å². The molecule has 0 spiro atoms. The van der Waals surface area contributed by atoms with Gasteiger partial charge in [0.05, 0.1) is 16.8 Å². The van der Waals surface area contributed by atoms with Crippen LogP contribution >= 0.6 is 11.3 Å². The minimum Gasteiger partial charge on any atom is -0.352 e. The van der Waals surface area contributed by atoms with Crippen molar-refractivity contribution >= 4 is 17.2 Å². The van der Waals surface area contributed by atoms with Crippen LogP contribution in [0.1, 0.15) is 16.1 Å². The Morgan fingerprint density at radius 1 is 1.39 bits per heavy atom. The highest BCUT2D eigenvalue weighted by molar-refractivity contribution is 7.07. The predicted octanol–water partition coefficient (Wildman–Crippen LogP) is 1.79. The van der Waals surface area contributed by atoms with Gasteiger partial charge in [-0.3, -0.25) is 4.79 Å². The third-order valence-electron chi connectivity index (χ3n) is 2.24. The van der Waals surface area contributed by atoms with E-state index in [1.807, 2.05) is 5.38 Å². The van der Waals surface area contributed by atoms with Gasteiger partial charge in [-0.15, -0.1) is 11.3 Å². The number of carbonyl (C=O) groups excluding carboxylic acids is 1. The molecule has 18 heavy (non-hydrogen) atoms. The van der Waals surface area contributed by atoms with Crippen molar-refractivity contribution in [2.75, 3.05) is 6.54 Å². The molecule has 2 rings (SSSR count). The number of nitrogens with zero attached hydrogens (tertiary/aromatic N) is 2. The van der Waals surface area contributed by atoms with Gasteiger partial charge in [-0.05, 0) is 6.07 Å². The molecule has 0 saturated carbocycles. The average Bonchev–Trinajstić information content (AvgIpc) is 2.85. The van der Waals surface area contributed by atoms with Gasteiger partial charge in [0.1, 0.15) is 0 Å². The van der Waals surface area contributed by atoms with Crippen molar-refractivity contribution in [2.45, 2.75) is 6.42 Å². The van der Waals surface area contributed by atoms with Gasteiger partial charge >= 0.3 is 0 Å². The van der Waals surface area contributed by atoms with Crippen LogP contribution in [0.5, 0.6) is 0 Å². The molecule has 0 unspecified atom stereocenters. The van der Waals surface area contributed by atoms with Crippen LogP contribution in [-0.4, -0.2) is 22.4 Å². The maximum atomic E-state index is 13.2. The molecule has 1 N–H and O–H groups in total. The Hall–Kier alpha value is -1.89. The second kappa shape index (κ2) is 5.63. The molecule has 0 fully saturated rings. The van der Waals surface area contributed by atoms with Crippen molar-refractivity contribution in [1.82, 2.24) is 15.3 Å². The van der Waals surface area contributed by atoms with E-state index in [1.165, 1.54) is 11.3 Å². The van der Waals surface area contributed by atoms with Crippen molar-refractivity contribution < 1.29 is 13.6 Å². The first-order chi connectivity index (χ1) is 8.68. The number of hydrogen-bond donors (Lipinski definition) is 1. The number of rotatable bonds is 4. The van der Waals surface area contributed by atoms with Crippen LogP contribution in [0.2, 0.25) is 0 Å². The smallest absolute Gasteiger partial charge is 0.254 e. The Kier molecular flexibility index (Phi) is 3.93. The lowest BCUT2D eigenvalue weighted by Crippen LogP contribution is -2.27. The van der Waals surface area contributed by atoms with E-state index in [0.717, 1.165) is 18.0 Å². The fourth-order valence-corrected chi connectivity index (χ4v) is 1.95. The first-order valence-electron chi connectivity index (χ1n) is 5.13. The van der Waals surface area contributed by atoms with E-state index in [2.05, 4.69) is 15.3 Å². The van der Waals surface area contributed by atoms with Gasteiger partial charge in [0.2, 0.25) is 5.95 Å². The molecule has 2 aromatic rings. The summed E-state index contributed by atoms with van der Waals surface area (Å²) in [4.78, 5) is 18.7. The van der Waals surface area contributed by atoms with Crippen molar-refractivity contribution in [2.24, 2.45) is 0 Å². The number of aromatic nitrogens is 2. The summed E-state index contributed by atoms with van der Waals surface area (Å²) in [5, 5.41) is 4.36. The Bertz CT molecular complexity index is 545. The number of amides is 1. The first kappa shape index (κ1) is 12.6. The maximum Gasteiger partial charge on any atom is 0.254 e. The summed E-state index contributed by atoms with van der Waals surface area (Å²) < 4.78 is 26.1. The van der Waals surface area contributed by atoms with E-state index >= 15 is 0 Å². The molecule has 0 aliphatic heterocycles. The molecular formula is C11H9F2N3OS. The molecule has 0 aliphatic carbocycles. The van der Waals surface area contributed by atoms with Crippen LogP contribution in [-0.2, 0) is 6.42 Å². The Balaban J connectivity index is 1.93. The summed E-state index contributed by atoms with van der Waals surface area (Å²) in [6, 6.07) is 1.14. The maximum absolute atomic E-state index is 13.2. The van der Waals surface area contributed by atoms with Crippen LogP contribution in [0.15, 0.2) is 23.2 Å². The molecule has 94 valence electrons. The zero-order valence-electron chi connectivity index (χ0n) is 9.19. The minimum absolute atomic E-state index is 0.311. The standard InChI is InChI=1S/C11H9F2N3OS/c12-9-8(2-4-14-10(9)13)11(17)15-3-1-7-5-18-6-16-7/h2,4-6H,1,3H2,(H,15,17). The Morgan fingerprint density at radius 3 is 2.94 bits per heavy atom. The zero-order valence-corrected chi connectivity index (χ0v) is 10.0. The minimum atomic E-state index is -1.28. The molecule has 0 aliphatic rings. The molecule has 0 aromatic carbocycles. The van der Waals surface area contributed by atoms with E-state index in [9.17, 15) is 13.6 Å². The highest BCUT2D eigenvalue weighted by Crippen LogP contribution is 2.08. The first-order valence-corrected chi connectivity index (χ1v) is 6.08. The molecule has 7 heteroatoms. The molecule has 0 bridgehead atoms. The quantitative estimate of drug-likeness (QED) is 0.861. The fraction of sp³-hybridized carbons (Fsp3) is 0.182. The van der Waals surface area contributed by atoms with Gasteiger partial charge in [0, 0.05) is 24.5 Å². The lowest BCUT2D eigenvalue weighted by atomic mass is 10.2. The second-order valence-corrected chi connectivity index (χ2v) is 4.17. The van der Waals surface area contributed by atoms with Gasteiger partial charge in [-0.1, -0.05) is 0 Å². The number of pyridine rings is 1. The van der Waals surface area contributed by atoms with E-state index in [1.54, 1.807) is 5.51 Å². The van der Waals surface area contributed by atoms with Crippen LogP contribution in [0.4, 0.5) is 8.78 Å². The molecule has 2 heterocycles. The third kappa shape index (κ3) is 2.86. The Morgan fingerprint density at radius 2 is 2.22 bits per heavy atom. The molecule has 0 saturated heterocycles. The summed E-state index contributed by atoms with van der Waals surface area (Å²) in [5.74, 6) is -3.17. The third-order valence-corrected chi connectivity index (χ3v) is 2.88. The topological polar surface area (TPSA) is 54.9 Å². The van der Waals surface area contributed by atoms with Gasteiger partial charge < -0.3 is 5.32 Å². The van der Waals surface area contributed by atoms with Gasteiger partial charge in [0.15, 0.2) is 5.82 Å². The largest absolute Gasteiger partial charge is 0.352 e. The fourth-order valence-electron chi connectivity index (χ4n) is 1.35. The molecule has 0 radical (unpaired) electrons. The average molecular weight is 269 g/mol. The highest BCUT2D eigenvalue weighted by Gasteiger charge is 2.15. The molecular weight excluding hydrogens is 260 g/mol. The summed E-state index contributed by atoms with van der Waals surface area (Å²) in [6.07, 6.45) is 1.60. The Labute approximate surface area is 106 Å². The predicted molar refractivity (Wildman–Crippen MR) is 62.3 cm³/mol. The van der Waals surface area contributed by atoms with E-state index in [-0.39, 0.29) is 5.56 Å².